The largest absolute Gasteiger partial charge is 0.362 e. The minimum atomic E-state index is 1.09. The Labute approximate surface area is 73.4 Å². The maximum Gasteiger partial charge on any atom is 0.0482 e. The fraction of sp³-hybridized carbons (Fsp3) is 0.0909. The summed E-state index contributed by atoms with van der Waals surface area (Å²) in [5, 5.41) is 3.09. The van der Waals surface area contributed by atoms with Gasteiger partial charge in [0.15, 0.2) is 0 Å². The molecule has 0 aliphatic carbocycles. The van der Waals surface area contributed by atoms with Crippen molar-refractivity contribution in [3.05, 3.63) is 48.7 Å². The van der Waals surface area contributed by atoms with Crippen molar-refractivity contribution in [2.45, 2.75) is 6.92 Å². The second-order valence-corrected chi connectivity index (χ2v) is 2.59. The fourth-order valence-electron chi connectivity index (χ4n) is 1.16. The molecule has 0 saturated carbocycles. The molecule has 0 atom stereocenters. The third-order valence-corrected chi connectivity index (χ3v) is 1.77. The van der Waals surface area contributed by atoms with E-state index in [0.29, 0.717) is 0 Å². The van der Waals surface area contributed by atoms with E-state index in [9.17, 15) is 0 Å². The summed E-state index contributed by atoms with van der Waals surface area (Å²) in [6.45, 7) is 9.42. The van der Waals surface area contributed by atoms with Gasteiger partial charge in [-0.1, -0.05) is 37.4 Å². The predicted molar refractivity (Wildman–Crippen MR) is 55.1 cm³/mol. The van der Waals surface area contributed by atoms with Gasteiger partial charge in [0.25, 0.3) is 0 Å². The lowest BCUT2D eigenvalue weighted by Crippen LogP contribution is -1.92. The van der Waals surface area contributed by atoms with Gasteiger partial charge in [-0.2, -0.15) is 0 Å². The third kappa shape index (κ3) is 1.56. The molecule has 0 spiro atoms. The first-order valence-electron chi connectivity index (χ1n) is 3.89. The molecule has 0 saturated heterocycles. The average molecular weight is 159 g/mol. The number of anilines is 1. The summed E-state index contributed by atoms with van der Waals surface area (Å²) in [6, 6.07) is 6.09. The highest BCUT2D eigenvalue weighted by molar-refractivity contribution is 5.69. The molecule has 0 aliphatic rings. The number of para-hydroxylation sites is 1. The van der Waals surface area contributed by atoms with E-state index < -0.39 is 0 Å². The summed E-state index contributed by atoms with van der Waals surface area (Å²) in [6.07, 6.45) is 3.51. The van der Waals surface area contributed by atoms with Crippen molar-refractivity contribution in [3.8, 4) is 0 Å². The van der Waals surface area contributed by atoms with Crippen LogP contribution >= 0.6 is 0 Å². The van der Waals surface area contributed by atoms with Crippen LogP contribution in [-0.4, -0.2) is 0 Å². The number of aryl methyl sites for hydroxylation is 1. The van der Waals surface area contributed by atoms with E-state index in [1.165, 1.54) is 5.56 Å². The predicted octanol–water partition coefficient (Wildman–Crippen LogP) is 3.19. The second kappa shape index (κ2) is 3.77. The molecule has 1 aromatic carbocycles. The smallest absolute Gasteiger partial charge is 0.0482 e. The zero-order chi connectivity index (χ0) is 8.97. The van der Waals surface area contributed by atoms with Crippen molar-refractivity contribution in [3.63, 3.8) is 0 Å². The van der Waals surface area contributed by atoms with Crippen LogP contribution in [0, 0.1) is 6.92 Å². The Hall–Kier alpha value is -1.50. The fourth-order valence-corrected chi connectivity index (χ4v) is 1.16. The van der Waals surface area contributed by atoms with Gasteiger partial charge in [-0.25, -0.2) is 0 Å². The SMILES string of the molecule is C=CNc1c(C)cccc1C=C. The topological polar surface area (TPSA) is 12.0 Å². The van der Waals surface area contributed by atoms with Crippen LogP contribution in [-0.2, 0) is 0 Å². The van der Waals surface area contributed by atoms with Gasteiger partial charge in [-0.05, 0) is 24.3 Å². The van der Waals surface area contributed by atoms with E-state index in [2.05, 4.69) is 31.5 Å². The highest BCUT2D eigenvalue weighted by Crippen LogP contribution is 2.20. The van der Waals surface area contributed by atoms with Crippen LogP contribution in [0.4, 0.5) is 5.69 Å². The third-order valence-electron chi connectivity index (χ3n) is 1.77. The van der Waals surface area contributed by atoms with E-state index in [1.54, 1.807) is 6.20 Å². The Morgan fingerprint density at radius 3 is 2.67 bits per heavy atom. The van der Waals surface area contributed by atoms with Gasteiger partial charge in [0.05, 0.1) is 0 Å². The normalized spacial score (nSPS) is 9.08. The van der Waals surface area contributed by atoms with Crippen LogP contribution < -0.4 is 5.32 Å². The van der Waals surface area contributed by atoms with Crippen molar-refractivity contribution in [2.24, 2.45) is 0 Å². The summed E-state index contributed by atoms with van der Waals surface area (Å²) in [7, 11) is 0. The van der Waals surface area contributed by atoms with Gasteiger partial charge in [-0.3, -0.25) is 0 Å². The summed E-state index contributed by atoms with van der Waals surface area (Å²) in [5.74, 6) is 0. The van der Waals surface area contributed by atoms with E-state index >= 15 is 0 Å². The van der Waals surface area contributed by atoms with Crippen molar-refractivity contribution < 1.29 is 0 Å². The van der Waals surface area contributed by atoms with E-state index in [0.717, 1.165) is 11.3 Å². The molecule has 0 amide bonds. The zero-order valence-corrected chi connectivity index (χ0v) is 7.30. The van der Waals surface area contributed by atoms with Crippen LogP contribution in [0.5, 0.6) is 0 Å². The van der Waals surface area contributed by atoms with Crippen LogP contribution in [0.15, 0.2) is 37.6 Å². The minimum Gasteiger partial charge on any atom is -0.362 e. The van der Waals surface area contributed by atoms with Crippen LogP contribution in [0.1, 0.15) is 11.1 Å². The molecular formula is C11H13N. The molecule has 12 heavy (non-hydrogen) atoms. The van der Waals surface area contributed by atoms with Crippen molar-refractivity contribution in [2.75, 3.05) is 5.32 Å². The van der Waals surface area contributed by atoms with Gasteiger partial charge in [0.1, 0.15) is 0 Å². The Morgan fingerprint density at radius 2 is 2.08 bits per heavy atom. The molecule has 1 N–H and O–H groups in total. The number of hydrogen-bond acceptors (Lipinski definition) is 1. The minimum absolute atomic E-state index is 1.09. The lowest BCUT2D eigenvalue weighted by Gasteiger charge is -2.08. The first-order valence-corrected chi connectivity index (χ1v) is 3.89. The van der Waals surface area contributed by atoms with Crippen LogP contribution in [0.25, 0.3) is 6.08 Å². The Kier molecular flexibility index (Phi) is 2.70. The first-order chi connectivity index (χ1) is 5.79. The molecule has 0 unspecified atom stereocenters. The van der Waals surface area contributed by atoms with E-state index in [4.69, 9.17) is 0 Å². The molecule has 0 aliphatic heterocycles. The van der Waals surface area contributed by atoms with Gasteiger partial charge < -0.3 is 5.32 Å². The molecule has 1 rings (SSSR count). The Bertz CT molecular complexity index is 300. The monoisotopic (exact) mass is 159 g/mol. The quantitative estimate of drug-likeness (QED) is 0.714. The second-order valence-electron chi connectivity index (χ2n) is 2.59. The van der Waals surface area contributed by atoms with Crippen LogP contribution in [0.3, 0.4) is 0 Å². The number of nitrogens with one attached hydrogen (secondary N) is 1. The lowest BCUT2D eigenvalue weighted by atomic mass is 10.1. The summed E-state index contributed by atoms with van der Waals surface area (Å²) in [4.78, 5) is 0. The Balaban J connectivity index is 3.18. The standard InChI is InChI=1S/C11H13N/c1-4-10-8-6-7-9(3)11(10)12-5-2/h4-8,12H,1-2H2,3H3. The summed E-state index contributed by atoms with van der Waals surface area (Å²) >= 11 is 0. The number of hydrogen-bond donors (Lipinski definition) is 1. The van der Waals surface area contributed by atoms with Gasteiger partial charge in [0, 0.05) is 5.69 Å². The average Bonchev–Trinajstić information content (AvgIpc) is 2.09. The van der Waals surface area contributed by atoms with Crippen molar-refractivity contribution >= 4 is 11.8 Å². The lowest BCUT2D eigenvalue weighted by molar-refractivity contribution is 1.43. The van der Waals surface area contributed by atoms with Crippen molar-refractivity contribution in [1.29, 1.82) is 0 Å². The zero-order valence-electron chi connectivity index (χ0n) is 7.30. The maximum atomic E-state index is 3.74. The maximum absolute atomic E-state index is 3.74. The molecular weight excluding hydrogens is 146 g/mol. The molecule has 0 aromatic heterocycles. The van der Waals surface area contributed by atoms with Gasteiger partial charge >= 0.3 is 0 Å². The molecule has 0 heterocycles. The molecule has 0 fully saturated rings. The summed E-state index contributed by atoms with van der Waals surface area (Å²) < 4.78 is 0. The Morgan fingerprint density at radius 1 is 1.33 bits per heavy atom. The molecule has 0 radical (unpaired) electrons. The molecule has 62 valence electrons. The van der Waals surface area contributed by atoms with Gasteiger partial charge in [0.2, 0.25) is 0 Å². The molecule has 0 bridgehead atoms. The highest BCUT2D eigenvalue weighted by atomic mass is 14.8. The number of rotatable bonds is 3. The summed E-state index contributed by atoms with van der Waals surface area (Å²) in [5.41, 5.74) is 3.39. The highest BCUT2D eigenvalue weighted by Gasteiger charge is 1.98. The molecule has 1 heteroatoms. The van der Waals surface area contributed by atoms with E-state index in [-0.39, 0.29) is 0 Å². The van der Waals surface area contributed by atoms with Crippen molar-refractivity contribution in [1.82, 2.24) is 0 Å². The molecule has 1 nitrogen and oxygen atoms in total. The molecule has 1 aromatic rings. The van der Waals surface area contributed by atoms with Gasteiger partial charge in [-0.15, -0.1) is 0 Å². The van der Waals surface area contributed by atoms with E-state index in [1.807, 2.05) is 18.2 Å². The van der Waals surface area contributed by atoms with Crippen LogP contribution in [0.2, 0.25) is 0 Å². The first kappa shape index (κ1) is 8.60. The number of benzene rings is 1.